The van der Waals surface area contributed by atoms with E-state index in [0.29, 0.717) is 18.0 Å². The lowest BCUT2D eigenvalue weighted by atomic mass is 10.2. The number of rotatable bonds is 3. The molecule has 1 aliphatic carbocycles. The summed E-state index contributed by atoms with van der Waals surface area (Å²) < 4.78 is 0.826. The van der Waals surface area contributed by atoms with Gasteiger partial charge in [-0.1, -0.05) is 0 Å². The van der Waals surface area contributed by atoms with Crippen LogP contribution in [0.25, 0.3) is 0 Å². The van der Waals surface area contributed by atoms with Gasteiger partial charge in [0.05, 0.1) is 5.69 Å². The fourth-order valence-electron chi connectivity index (χ4n) is 1.42. The highest BCUT2D eigenvalue weighted by molar-refractivity contribution is 9.10. The van der Waals surface area contributed by atoms with E-state index in [1.54, 1.807) is 12.1 Å². The zero-order valence-corrected chi connectivity index (χ0v) is 9.88. The third-order valence-electron chi connectivity index (χ3n) is 2.44. The molecule has 0 aromatic heterocycles. The van der Waals surface area contributed by atoms with Gasteiger partial charge in [-0.3, -0.25) is 4.79 Å². The first-order valence-electron chi connectivity index (χ1n) is 5.00. The predicted molar refractivity (Wildman–Crippen MR) is 64.5 cm³/mol. The molecule has 15 heavy (non-hydrogen) atoms. The molecule has 1 aromatic carbocycles. The van der Waals surface area contributed by atoms with Crippen LogP contribution in [0.2, 0.25) is 0 Å². The summed E-state index contributed by atoms with van der Waals surface area (Å²) in [5.41, 5.74) is 7.08. The topological polar surface area (TPSA) is 55.1 Å². The fourth-order valence-corrected chi connectivity index (χ4v) is 1.91. The highest BCUT2D eigenvalue weighted by atomic mass is 79.9. The van der Waals surface area contributed by atoms with E-state index in [4.69, 9.17) is 5.73 Å². The Labute approximate surface area is 97.2 Å². The van der Waals surface area contributed by atoms with Gasteiger partial charge in [-0.15, -0.1) is 0 Å². The maximum atomic E-state index is 11.5. The van der Waals surface area contributed by atoms with Crippen molar-refractivity contribution in [1.29, 1.82) is 0 Å². The van der Waals surface area contributed by atoms with Crippen molar-refractivity contribution in [1.82, 2.24) is 0 Å². The normalized spacial score (nSPS) is 15.0. The molecule has 4 heteroatoms. The van der Waals surface area contributed by atoms with E-state index in [0.717, 1.165) is 10.2 Å². The third kappa shape index (κ3) is 2.96. The van der Waals surface area contributed by atoms with Crippen LogP contribution < -0.4 is 11.1 Å². The van der Waals surface area contributed by atoms with Crippen molar-refractivity contribution in [3.63, 3.8) is 0 Å². The van der Waals surface area contributed by atoms with Gasteiger partial charge in [-0.2, -0.15) is 0 Å². The molecule has 1 amide bonds. The van der Waals surface area contributed by atoms with E-state index in [9.17, 15) is 4.79 Å². The maximum absolute atomic E-state index is 11.5. The van der Waals surface area contributed by atoms with Gasteiger partial charge in [0.1, 0.15) is 0 Å². The lowest BCUT2D eigenvalue weighted by Crippen LogP contribution is -2.12. The first-order chi connectivity index (χ1) is 7.15. The molecule has 0 atom stereocenters. The number of nitrogens with one attached hydrogen (secondary N) is 1. The number of hydrogen-bond donors (Lipinski definition) is 2. The standard InChI is InChI=1S/C11H13BrN2O/c12-9-6-8(13)3-4-10(9)14-11(15)5-7-1-2-7/h3-4,6-7H,1-2,5,13H2,(H,14,15). The number of halogens is 1. The highest BCUT2D eigenvalue weighted by Crippen LogP contribution is 2.33. The smallest absolute Gasteiger partial charge is 0.224 e. The van der Waals surface area contributed by atoms with Crippen LogP contribution in [0, 0.1) is 5.92 Å². The summed E-state index contributed by atoms with van der Waals surface area (Å²) >= 11 is 3.36. The minimum Gasteiger partial charge on any atom is -0.399 e. The predicted octanol–water partition coefficient (Wildman–Crippen LogP) is 2.77. The number of nitrogen functional groups attached to an aromatic ring is 1. The van der Waals surface area contributed by atoms with Crippen LogP contribution in [-0.4, -0.2) is 5.91 Å². The summed E-state index contributed by atoms with van der Waals surface area (Å²) in [7, 11) is 0. The third-order valence-corrected chi connectivity index (χ3v) is 3.09. The molecule has 0 heterocycles. The summed E-state index contributed by atoms with van der Waals surface area (Å²) in [4.78, 5) is 11.5. The molecule has 1 fully saturated rings. The van der Waals surface area contributed by atoms with Gasteiger partial charge in [0.2, 0.25) is 5.91 Å². The van der Waals surface area contributed by atoms with Gasteiger partial charge in [0.25, 0.3) is 0 Å². The molecule has 80 valence electrons. The van der Waals surface area contributed by atoms with Gasteiger partial charge >= 0.3 is 0 Å². The van der Waals surface area contributed by atoms with Crippen LogP contribution >= 0.6 is 15.9 Å². The molecule has 1 aromatic rings. The zero-order chi connectivity index (χ0) is 10.8. The van der Waals surface area contributed by atoms with Crippen molar-refractivity contribution < 1.29 is 4.79 Å². The van der Waals surface area contributed by atoms with Crippen molar-refractivity contribution in [2.24, 2.45) is 5.92 Å². The van der Waals surface area contributed by atoms with Crippen LogP contribution in [0.4, 0.5) is 11.4 Å². The van der Waals surface area contributed by atoms with Crippen molar-refractivity contribution >= 4 is 33.2 Å². The highest BCUT2D eigenvalue weighted by Gasteiger charge is 2.24. The zero-order valence-electron chi connectivity index (χ0n) is 8.29. The SMILES string of the molecule is Nc1ccc(NC(=O)CC2CC2)c(Br)c1. The summed E-state index contributed by atoms with van der Waals surface area (Å²) in [6.45, 7) is 0. The van der Waals surface area contributed by atoms with Crippen LogP contribution in [0.3, 0.4) is 0 Å². The second-order valence-corrected chi connectivity index (χ2v) is 4.79. The van der Waals surface area contributed by atoms with E-state index in [1.165, 1.54) is 12.8 Å². The molecule has 0 spiro atoms. The van der Waals surface area contributed by atoms with Gasteiger partial charge in [-0.05, 0) is 52.9 Å². The Morgan fingerprint density at radius 3 is 2.87 bits per heavy atom. The van der Waals surface area contributed by atoms with Gasteiger partial charge in [0.15, 0.2) is 0 Å². The van der Waals surface area contributed by atoms with E-state index in [1.807, 2.05) is 6.07 Å². The Morgan fingerprint density at radius 2 is 2.27 bits per heavy atom. The Balaban J connectivity index is 1.99. The molecule has 0 bridgehead atoms. The monoisotopic (exact) mass is 268 g/mol. The fraction of sp³-hybridized carbons (Fsp3) is 0.364. The van der Waals surface area contributed by atoms with E-state index in [2.05, 4.69) is 21.2 Å². The average molecular weight is 269 g/mol. The second kappa shape index (κ2) is 4.23. The molecular weight excluding hydrogens is 256 g/mol. The van der Waals surface area contributed by atoms with Crippen molar-refractivity contribution in [3.8, 4) is 0 Å². The molecule has 2 rings (SSSR count). The lowest BCUT2D eigenvalue weighted by molar-refractivity contribution is -0.116. The molecule has 0 aliphatic heterocycles. The van der Waals surface area contributed by atoms with Crippen LogP contribution in [0.1, 0.15) is 19.3 Å². The molecule has 0 saturated heterocycles. The Kier molecular flexibility index (Phi) is 2.95. The minimum atomic E-state index is 0.0861. The first kappa shape index (κ1) is 10.5. The number of nitrogens with two attached hydrogens (primary N) is 1. The number of hydrogen-bond acceptors (Lipinski definition) is 2. The molecule has 1 aliphatic rings. The first-order valence-corrected chi connectivity index (χ1v) is 5.79. The quantitative estimate of drug-likeness (QED) is 0.829. The number of carbonyl (C=O) groups excluding carboxylic acids is 1. The van der Waals surface area contributed by atoms with Gasteiger partial charge in [0, 0.05) is 16.6 Å². The van der Waals surface area contributed by atoms with Crippen molar-refractivity contribution in [2.75, 3.05) is 11.1 Å². The van der Waals surface area contributed by atoms with Crippen LogP contribution in [0.15, 0.2) is 22.7 Å². The Bertz CT molecular complexity index is 388. The molecule has 1 saturated carbocycles. The van der Waals surface area contributed by atoms with Gasteiger partial charge in [-0.25, -0.2) is 0 Å². The molecule has 0 unspecified atom stereocenters. The number of anilines is 2. The molecular formula is C11H13BrN2O. The molecule has 0 radical (unpaired) electrons. The van der Waals surface area contributed by atoms with Crippen LogP contribution in [0.5, 0.6) is 0 Å². The van der Waals surface area contributed by atoms with Crippen molar-refractivity contribution in [2.45, 2.75) is 19.3 Å². The van der Waals surface area contributed by atoms with Gasteiger partial charge < -0.3 is 11.1 Å². The second-order valence-electron chi connectivity index (χ2n) is 3.93. The number of carbonyl (C=O) groups is 1. The Morgan fingerprint density at radius 1 is 1.53 bits per heavy atom. The average Bonchev–Trinajstić information content (AvgIpc) is 2.94. The molecule has 3 N–H and O–H groups in total. The number of benzene rings is 1. The maximum Gasteiger partial charge on any atom is 0.224 e. The lowest BCUT2D eigenvalue weighted by Gasteiger charge is -2.07. The molecule has 3 nitrogen and oxygen atoms in total. The van der Waals surface area contributed by atoms with E-state index >= 15 is 0 Å². The Hall–Kier alpha value is -1.03. The summed E-state index contributed by atoms with van der Waals surface area (Å²) in [5, 5.41) is 2.87. The van der Waals surface area contributed by atoms with E-state index in [-0.39, 0.29) is 5.91 Å². The number of amides is 1. The van der Waals surface area contributed by atoms with E-state index < -0.39 is 0 Å². The summed E-state index contributed by atoms with van der Waals surface area (Å²) in [6, 6.07) is 5.37. The van der Waals surface area contributed by atoms with Crippen molar-refractivity contribution in [3.05, 3.63) is 22.7 Å². The van der Waals surface area contributed by atoms with Crippen LogP contribution in [-0.2, 0) is 4.79 Å². The summed E-state index contributed by atoms with van der Waals surface area (Å²) in [6.07, 6.45) is 3.02. The minimum absolute atomic E-state index is 0.0861. The summed E-state index contributed by atoms with van der Waals surface area (Å²) in [5.74, 6) is 0.695. The largest absolute Gasteiger partial charge is 0.399 e.